The molecule has 1 fully saturated rings. The molecule has 0 radical (unpaired) electrons. The highest BCUT2D eigenvalue weighted by Gasteiger charge is 2.25. The quantitative estimate of drug-likeness (QED) is 0.502. The molecule has 0 spiro atoms. The maximum atomic E-state index is 6.32. The third-order valence-electron chi connectivity index (χ3n) is 5.73. The molecular formula is C21H31Cl2N. The molecule has 1 aromatic rings. The van der Waals surface area contributed by atoms with E-state index in [0.29, 0.717) is 17.0 Å². The van der Waals surface area contributed by atoms with E-state index in [0.717, 1.165) is 30.2 Å². The number of hydrogen-bond donors (Lipinski definition) is 0. The Balaban J connectivity index is 1.93. The molecular weight excluding hydrogens is 337 g/mol. The van der Waals surface area contributed by atoms with Gasteiger partial charge in [-0.25, -0.2) is 0 Å². The molecule has 0 bridgehead atoms. The van der Waals surface area contributed by atoms with Gasteiger partial charge in [-0.2, -0.15) is 0 Å². The number of hydrogen-bond acceptors (Lipinski definition) is 1. The van der Waals surface area contributed by atoms with Crippen molar-refractivity contribution >= 4 is 23.2 Å². The average molecular weight is 368 g/mol. The van der Waals surface area contributed by atoms with Crippen molar-refractivity contribution in [2.24, 2.45) is 11.8 Å². The Morgan fingerprint density at radius 2 is 1.92 bits per heavy atom. The molecule has 134 valence electrons. The summed E-state index contributed by atoms with van der Waals surface area (Å²) in [5, 5.41) is 1.48. The van der Waals surface area contributed by atoms with Crippen molar-refractivity contribution < 1.29 is 0 Å². The zero-order valence-corrected chi connectivity index (χ0v) is 16.8. The largest absolute Gasteiger partial charge is 0.375 e. The lowest BCUT2D eigenvalue weighted by Crippen LogP contribution is -2.36. The number of aryl methyl sites for hydroxylation is 1. The Labute approximate surface area is 158 Å². The van der Waals surface area contributed by atoms with Crippen LogP contribution >= 0.6 is 23.2 Å². The molecule has 1 aliphatic rings. The number of halogens is 2. The molecule has 1 unspecified atom stereocenters. The van der Waals surface area contributed by atoms with Crippen LogP contribution in [0.25, 0.3) is 0 Å². The first kappa shape index (κ1) is 19.7. The van der Waals surface area contributed by atoms with Gasteiger partial charge in [0.15, 0.2) is 0 Å². The molecule has 0 heterocycles. The predicted octanol–water partition coefficient (Wildman–Crippen LogP) is 6.98. The van der Waals surface area contributed by atoms with E-state index in [4.69, 9.17) is 23.2 Å². The SMILES string of the molecule is C=C(C(CC)CCc1ccc(Cl)cc1Cl)N(C)C1CCC(C)CC1. The van der Waals surface area contributed by atoms with Gasteiger partial charge in [-0.3, -0.25) is 0 Å². The highest BCUT2D eigenvalue weighted by Crippen LogP contribution is 2.32. The lowest BCUT2D eigenvalue weighted by Gasteiger charge is -2.38. The van der Waals surface area contributed by atoms with Gasteiger partial charge in [-0.05, 0) is 74.5 Å². The van der Waals surface area contributed by atoms with Crippen LogP contribution in [0.1, 0.15) is 57.9 Å². The zero-order chi connectivity index (χ0) is 17.7. The normalized spacial score (nSPS) is 22.2. The van der Waals surface area contributed by atoms with Crippen LogP contribution in [0.3, 0.4) is 0 Å². The van der Waals surface area contributed by atoms with Gasteiger partial charge in [-0.15, -0.1) is 0 Å². The molecule has 1 nitrogen and oxygen atoms in total. The highest BCUT2D eigenvalue weighted by atomic mass is 35.5. The second-order valence-electron chi connectivity index (χ2n) is 7.40. The molecule has 0 N–H and O–H groups in total. The Bertz CT molecular complexity index is 547. The summed E-state index contributed by atoms with van der Waals surface area (Å²) < 4.78 is 0. The van der Waals surface area contributed by atoms with Crippen LogP contribution in [0, 0.1) is 11.8 Å². The monoisotopic (exact) mass is 367 g/mol. The van der Waals surface area contributed by atoms with Gasteiger partial charge < -0.3 is 4.90 Å². The molecule has 24 heavy (non-hydrogen) atoms. The summed E-state index contributed by atoms with van der Waals surface area (Å²) >= 11 is 12.3. The number of nitrogens with zero attached hydrogens (tertiary/aromatic N) is 1. The van der Waals surface area contributed by atoms with Crippen LogP contribution in [0.15, 0.2) is 30.5 Å². The molecule has 0 aliphatic heterocycles. The maximum Gasteiger partial charge on any atom is 0.0452 e. The summed E-state index contributed by atoms with van der Waals surface area (Å²) in [5.41, 5.74) is 2.48. The molecule has 1 aromatic carbocycles. The van der Waals surface area contributed by atoms with E-state index in [1.807, 2.05) is 18.2 Å². The lowest BCUT2D eigenvalue weighted by atomic mass is 9.85. The molecule has 1 saturated carbocycles. The van der Waals surface area contributed by atoms with Gasteiger partial charge in [0.2, 0.25) is 0 Å². The first-order valence-electron chi connectivity index (χ1n) is 9.27. The first-order valence-corrected chi connectivity index (χ1v) is 10.0. The van der Waals surface area contributed by atoms with Gasteiger partial charge in [0.05, 0.1) is 0 Å². The minimum atomic E-state index is 0.515. The maximum absolute atomic E-state index is 6.32. The van der Waals surface area contributed by atoms with Crippen LogP contribution < -0.4 is 0 Å². The summed E-state index contributed by atoms with van der Waals surface area (Å²) in [6.45, 7) is 9.07. The third-order valence-corrected chi connectivity index (χ3v) is 6.31. The van der Waals surface area contributed by atoms with E-state index in [-0.39, 0.29) is 0 Å². The van der Waals surface area contributed by atoms with E-state index < -0.39 is 0 Å². The van der Waals surface area contributed by atoms with Gasteiger partial charge in [0, 0.05) is 28.8 Å². The molecule has 0 amide bonds. The van der Waals surface area contributed by atoms with E-state index in [9.17, 15) is 0 Å². The lowest BCUT2D eigenvalue weighted by molar-refractivity contribution is 0.188. The summed E-state index contributed by atoms with van der Waals surface area (Å²) in [6.07, 6.45) is 8.48. The summed E-state index contributed by atoms with van der Waals surface area (Å²) in [7, 11) is 2.24. The van der Waals surface area contributed by atoms with E-state index in [1.165, 1.54) is 36.9 Å². The third kappa shape index (κ3) is 5.17. The summed E-state index contributed by atoms with van der Waals surface area (Å²) in [5.74, 6) is 1.40. The predicted molar refractivity (Wildman–Crippen MR) is 107 cm³/mol. The molecule has 0 saturated heterocycles. The van der Waals surface area contributed by atoms with Crippen molar-refractivity contribution in [3.8, 4) is 0 Å². The number of rotatable bonds is 7. The van der Waals surface area contributed by atoms with Gasteiger partial charge in [-0.1, -0.05) is 49.7 Å². The van der Waals surface area contributed by atoms with Crippen LogP contribution in [0.5, 0.6) is 0 Å². The second kappa shape index (κ2) is 9.15. The van der Waals surface area contributed by atoms with Gasteiger partial charge in [0.25, 0.3) is 0 Å². The van der Waals surface area contributed by atoms with Gasteiger partial charge in [0.1, 0.15) is 0 Å². The van der Waals surface area contributed by atoms with E-state index in [2.05, 4.69) is 32.4 Å². The van der Waals surface area contributed by atoms with Crippen molar-refractivity contribution in [1.29, 1.82) is 0 Å². The van der Waals surface area contributed by atoms with Crippen molar-refractivity contribution in [2.75, 3.05) is 7.05 Å². The van der Waals surface area contributed by atoms with Crippen LogP contribution in [0.2, 0.25) is 10.0 Å². The fraction of sp³-hybridized carbons (Fsp3) is 0.619. The van der Waals surface area contributed by atoms with Crippen LogP contribution in [-0.4, -0.2) is 18.0 Å². The topological polar surface area (TPSA) is 3.24 Å². The van der Waals surface area contributed by atoms with E-state index in [1.54, 1.807) is 0 Å². The average Bonchev–Trinajstić information content (AvgIpc) is 2.57. The summed E-state index contributed by atoms with van der Waals surface area (Å²) in [4.78, 5) is 2.46. The Hall–Kier alpha value is -0.660. The highest BCUT2D eigenvalue weighted by molar-refractivity contribution is 6.35. The molecule has 1 aliphatic carbocycles. The minimum Gasteiger partial charge on any atom is -0.375 e. The number of allylic oxidation sites excluding steroid dienone is 1. The Morgan fingerprint density at radius 3 is 2.50 bits per heavy atom. The zero-order valence-electron chi connectivity index (χ0n) is 15.3. The van der Waals surface area contributed by atoms with Gasteiger partial charge >= 0.3 is 0 Å². The minimum absolute atomic E-state index is 0.515. The number of benzene rings is 1. The Morgan fingerprint density at radius 1 is 1.25 bits per heavy atom. The molecule has 3 heteroatoms. The smallest absolute Gasteiger partial charge is 0.0452 e. The second-order valence-corrected chi connectivity index (χ2v) is 8.24. The molecule has 2 rings (SSSR count). The van der Waals surface area contributed by atoms with Crippen molar-refractivity contribution in [3.05, 3.63) is 46.1 Å². The van der Waals surface area contributed by atoms with Crippen molar-refractivity contribution in [3.63, 3.8) is 0 Å². The van der Waals surface area contributed by atoms with Crippen LogP contribution in [0.4, 0.5) is 0 Å². The van der Waals surface area contributed by atoms with Crippen molar-refractivity contribution in [2.45, 2.75) is 64.8 Å². The fourth-order valence-electron chi connectivity index (χ4n) is 3.81. The molecule has 1 atom stereocenters. The van der Waals surface area contributed by atoms with Crippen molar-refractivity contribution in [1.82, 2.24) is 4.90 Å². The standard InChI is InChI=1S/C21H31Cl2N/c1-5-17(8-9-18-10-11-19(22)14-21(18)23)16(3)24(4)20-12-6-15(2)7-13-20/h10-11,14-15,17,20H,3,5-9,12-13H2,1-2,4H3. The first-order chi connectivity index (χ1) is 11.4. The fourth-order valence-corrected chi connectivity index (χ4v) is 4.32. The van der Waals surface area contributed by atoms with E-state index >= 15 is 0 Å². The Kier molecular flexibility index (Phi) is 7.50. The molecule has 0 aromatic heterocycles. The summed E-state index contributed by atoms with van der Waals surface area (Å²) in [6, 6.07) is 6.48. The van der Waals surface area contributed by atoms with Crippen LogP contribution in [-0.2, 0) is 6.42 Å².